The first kappa shape index (κ1) is 23.3. The van der Waals surface area contributed by atoms with Crippen molar-refractivity contribution < 1.29 is 28.9 Å². The van der Waals surface area contributed by atoms with Crippen LogP contribution >= 0.6 is 0 Å². The van der Waals surface area contributed by atoms with Crippen LogP contribution in [0.5, 0.6) is 0 Å². The van der Waals surface area contributed by atoms with E-state index in [1.54, 1.807) is 0 Å². The van der Waals surface area contributed by atoms with E-state index in [1.165, 1.54) is 36.5 Å². The third-order valence-corrected chi connectivity index (χ3v) is 6.26. The van der Waals surface area contributed by atoms with E-state index in [9.17, 15) is 24.2 Å². The number of carbonyl (C=O) groups is 2. The Hall–Kier alpha value is -3.91. The number of hydrogen-bond donors (Lipinski definition) is 3. The summed E-state index contributed by atoms with van der Waals surface area (Å²) in [4.78, 5) is 24.6. The van der Waals surface area contributed by atoms with Crippen LogP contribution < -0.4 is 5.32 Å². The van der Waals surface area contributed by atoms with Crippen molar-refractivity contribution >= 4 is 17.6 Å². The standard InChI is InChI=1S/C26H25FN2O5/c1-16-17(2)29(14-18-6-4-3-5-7-18)23-22(16)28-13-12-26(23,21(24(30)31)25(32)33)34-15-19-8-10-20(27)11-9-19/h3-13,21,28H,14-15H2,1-2H3,(H,30,31)(H,32,33). The lowest BCUT2D eigenvalue weighted by Gasteiger charge is -2.38. The summed E-state index contributed by atoms with van der Waals surface area (Å²) in [5.74, 6) is -5.38. The summed E-state index contributed by atoms with van der Waals surface area (Å²) >= 11 is 0. The topological polar surface area (TPSA) is 101 Å². The predicted molar refractivity (Wildman–Crippen MR) is 124 cm³/mol. The molecule has 0 saturated heterocycles. The number of fused-ring (bicyclic) bond motifs is 1. The van der Waals surface area contributed by atoms with Gasteiger partial charge in [-0.3, -0.25) is 9.59 Å². The number of ether oxygens (including phenoxy) is 1. The summed E-state index contributed by atoms with van der Waals surface area (Å²) in [5, 5.41) is 23.2. The van der Waals surface area contributed by atoms with Crippen molar-refractivity contribution in [3.63, 3.8) is 0 Å². The van der Waals surface area contributed by atoms with Gasteiger partial charge in [-0.2, -0.15) is 0 Å². The van der Waals surface area contributed by atoms with Gasteiger partial charge in [-0.15, -0.1) is 0 Å². The van der Waals surface area contributed by atoms with Crippen LogP contribution in [0.25, 0.3) is 0 Å². The summed E-state index contributed by atoms with van der Waals surface area (Å²) in [6.45, 7) is 4.07. The first-order valence-corrected chi connectivity index (χ1v) is 10.8. The van der Waals surface area contributed by atoms with Crippen LogP contribution in [0.3, 0.4) is 0 Å². The lowest BCUT2D eigenvalue weighted by atomic mass is 9.81. The highest BCUT2D eigenvalue weighted by atomic mass is 19.1. The van der Waals surface area contributed by atoms with Crippen LogP contribution in [-0.2, 0) is 33.1 Å². The molecule has 0 fully saturated rings. The molecule has 8 heteroatoms. The van der Waals surface area contributed by atoms with Crippen molar-refractivity contribution in [3.05, 3.63) is 101 Å². The summed E-state index contributed by atoms with van der Waals surface area (Å²) < 4.78 is 21.5. The molecule has 0 amide bonds. The molecule has 1 atom stereocenters. The fraction of sp³-hybridized carbons (Fsp3) is 0.231. The van der Waals surface area contributed by atoms with E-state index in [4.69, 9.17) is 4.74 Å². The van der Waals surface area contributed by atoms with Crippen LogP contribution in [0.15, 0.2) is 66.9 Å². The van der Waals surface area contributed by atoms with Gasteiger partial charge in [0.25, 0.3) is 0 Å². The van der Waals surface area contributed by atoms with Gasteiger partial charge in [0.15, 0.2) is 11.5 Å². The molecule has 176 valence electrons. The number of anilines is 1. The summed E-state index contributed by atoms with van der Waals surface area (Å²) in [6.07, 6.45) is 2.97. The molecule has 3 aromatic rings. The summed E-state index contributed by atoms with van der Waals surface area (Å²) in [6, 6.07) is 15.2. The number of aliphatic carboxylic acids is 2. The maximum Gasteiger partial charge on any atom is 0.321 e. The fourth-order valence-corrected chi connectivity index (χ4v) is 4.43. The molecule has 3 N–H and O–H groups in total. The SMILES string of the molecule is Cc1c2c(n(Cc3ccccc3)c1C)C(OCc1ccc(F)cc1)(C(C(=O)O)C(=O)O)C=CN2. The molecule has 34 heavy (non-hydrogen) atoms. The van der Waals surface area contributed by atoms with Gasteiger partial charge in [0.2, 0.25) is 0 Å². The van der Waals surface area contributed by atoms with Crippen molar-refractivity contribution in [1.82, 2.24) is 4.57 Å². The highest BCUT2D eigenvalue weighted by Crippen LogP contribution is 2.46. The Bertz CT molecular complexity index is 1240. The van der Waals surface area contributed by atoms with Gasteiger partial charge < -0.3 is 24.8 Å². The Labute approximate surface area is 196 Å². The molecule has 2 heterocycles. The van der Waals surface area contributed by atoms with Gasteiger partial charge in [0.1, 0.15) is 5.82 Å². The van der Waals surface area contributed by atoms with Crippen LogP contribution in [-0.4, -0.2) is 26.7 Å². The second-order valence-corrected chi connectivity index (χ2v) is 8.30. The average Bonchev–Trinajstić information content (AvgIpc) is 3.05. The maximum absolute atomic E-state index is 13.4. The van der Waals surface area contributed by atoms with Crippen molar-refractivity contribution in [3.8, 4) is 0 Å². The van der Waals surface area contributed by atoms with Crippen molar-refractivity contribution in [2.75, 3.05) is 5.32 Å². The lowest BCUT2D eigenvalue weighted by Crippen LogP contribution is -2.48. The lowest BCUT2D eigenvalue weighted by molar-refractivity contribution is -0.171. The Balaban J connectivity index is 1.90. The largest absolute Gasteiger partial charge is 0.480 e. The first-order valence-electron chi connectivity index (χ1n) is 10.8. The average molecular weight is 464 g/mol. The van der Waals surface area contributed by atoms with Crippen molar-refractivity contribution in [2.24, 2.45) is 5.92 Å². The van der Waals surface area contributed by atoms with Crippen LogP contribution in [0.4, 0.5) is 10.1 Å². The predicted octanol–water partition coefficient (Wildman–Crippen LogP) is 4.43. The van der Waals surface area contributed by atoms with E-state index in [0.717, 1.165) is 16.8 Å². The fourth-order valence-electron chi connectivity index (χ4n) is 4.43. The minimum atomic E-state index is -1.92. The molecule has 1 aliphatic rings. The van der Waals surface area contributed by atoms with Gasteiger partial charge >= 0.3 is 11.9 Å². The van der Waals surface area contributed by atoms with Gasteiger partial charge in [-0.25, -0.2) is 4.39 Å². The van der Waals surface area contributed by atoms with Gasteiger partial charge in [0.05, 0.1) is 18.0 Å². The monoisotopic (exact) mass is 464 g/mol. The van der Waals surface area contributed by atoms with E-state index in [0.29, 0.717) is 23.5 Å². The second kappa shape index (κ2) is 9.15. The quantitative estimate of drug-likeness (QED) is 0.427. The normalized spacial score (nSPS) is 16.8. The number of nitrogens with one attached hydrogen (secondary N) is 1. The zero-order valence-electron chi connectivity index (χ0n) is 18.8. The highest BCUT2D eigenvalue weighted by molar-refractivity contribution is 5.95. The van der Waals surface area contributed by atoms with Crippen LogP contribution in [0, 0.1) is 25.6 Å². The zero-order valence-corrected chi connectivity index (χ0v) is 18.8. The molecule has 0 spiro atoms. The molecule has 4 rings (SSSR count). The van der Waals surface area contributed by atoms with E-state index in [-0.39, 0.29) is 6.61 Å². The van der Waals surface area contributed by atoms with Gasteiger partial charge in [-0.1, -0.05) is 42.5 Å². The third-order valence-electron chi connectivity index (χ3n) is 6.26. The Morgan fingerprint density at radius 3 is 2.29 bits per heavy atom. The van der Waals surface area contributed by atoms with E-state index >= 15 is 0 Å². The Morgan fingerprint density at radius 1 is 1.03 bits per heavy atom. The van der Waals surface area contributed by atoms with Crippen LogP contribution in [0.1, 0.15) is 28.1 Å². The number of aromatic nitrogens is 1. The molecule has 0 saturated carbocycles. The minimum absolute atomic E-state index is 0.115. The Morgan fingerprint density at radius 2 is 1.68 bits per heavy atom. The smallest absolute Gasteiger partial charge is 0.321 e. The van der Waals surface area contributed by atoms with E-state index in [2.05, 4.69) is 5.32 Å². The molecular weight excluding hydrogens is 439 g/mol. The molecular formula is C26H25FN2O5. The number of rotatable bonds is 8. The first-order chi connectivity index (χ1) is 16.2. The number of hydrogen-bond acceptors (Lipinski definition) is 4. The number of carboxylic acids is 2. The third kappa shape index (κ3) is 4.08. The number of halogens is 1. The summed E-state index contributed by atoms with van der Waals surface area (Å²) in [5.41, 5.74) is 2.48. The molecule has 1 unspecified atom stereocenters. The molecule has 0 bridgehead atoms. The molecule has 7 nitrogen and oxygen atoms in total. The molecule has 1 aromatic heterocycles. The number of carboxylic acid groups (broad SMARTS) is 2. The Kier molecular flexibility index (Phi) is 6.26. The maximum atomic E-state index is 13.4. The number of nitrogens with zero attached hydrogens (tertiary/aromatic N) is 1. The second-order valence-electron chi connectivity index (χ2n) is 8.30. The molecule has 0 radical (unpaired) electrons. The van der Waals surface area contributed by atoms with Crippen LogP contribution in [0.2, 0.25) is 0 Å². The molecule has 1 aliphatic heterocycles. The van der Waals surface area contributed by atoms with Crippen molar-refractivity contribution in [1.29, 1.82) is 0 Å². The molecule has 2 aromatic carbocycles. The number of benzene rings is 2. The van der Waals surface area contributed by atoms with Crippen molar-refractivity contribution in [2.45, 2.75) is 32.6 Å². The zero-order chi connectivity index (χ0) is 24.5. The van der Waals surface area contributed by atoms with Gasteiger partial charge in [0, 0.05) is 18.4 Å². The van der Waals surface area contributed by atoms with Gasteiger partial charge in [-0.05, 0) is 48.7 Å². The highest BCUT2D eigenvalue weighted by Gasteiger charge is 2.53. The molecule has 0 aliphatic carbocycles. The summed E-state index contributed by atoms with van der Waals surface area (Å²) in [7, 11) is 0. The van der Waals surface area contributed by atoms with E-state index < -0.39 is 29.3 Å². The minimum Gasteiger partial charge on any atom is -0.480 e. The van der Waals surface area contributed by atoms with E-state index in [1.807, 2.05) is 48.7 Å².